The number of benzene rings is 2. The van der Waals surface area contributed by atoms with E-state index in [1.807, 2.05) is 50.2 Å². The van der Waals surface area contributed by atoms with E-state index in [0.29, 0.717) is 6.42 Å². The van der Waals surface area contributed by atoms with Gasteiger partial charge in [0.05, 0.1) is 21.3 Å². The van der Waals surface area contributed by atoms with Crippen molar-refractivity contribution >= 4 is 27.9 Å². The van der Waals surface area contributed by atoms with Crippen LogP contribution in [0.4, 0.5) is 0 Å². The Morgan fingerprint density at radius 3 is 2.07 bits per heavy atom. The Kier molecular flexibility index (Phi) is 7.85. The fraction of sp³-hybridized carbons (Fsp3) is 0.391. The highest BCUT2D eigenvalue weighted by Gasteiger charge is 2.48. The molecule has 0 aliphatic rings. The molecule has 0 aliphatic carbocycles. The predicted octanol–water partition coefficient (Wildman–Crippen LogP) is 4.58. The van der Waals surface area contributed by atoms with E-state index in [1.165, 1.54) is 14.2 Å². The van der Waals surface area contributed by atoms with Crippen LogP contribution in [0.15, 0.2) is 40.9 Å². The molecular formula is C23H27BrO5. The van der Waals surface area contributed by atoms with Gasteiger partial charge in [-0.1, -0.05) is 51.8 Å². The van der Waals surface area contributed by atoms with Crippen molar-refractivity contribution in [3.63, 3.8) is 0 Å². The highest BCUT2D eigenvalue weighted by atomic mass is 79.9. The Morgan fingerprint density at radius 2 is 1.55 bits per heavy atom. The first-order chi connectivity index (χ1) is 13.8. The van der Waals surface area contributed by atoms with Crippen LogP contribution >= 0.6 is 15.9 Å². The van der Waals surface area contributed by atoms with Gasteiger partial charge >= 0.3 is 11.9 Å². The van der Waals surface area contributed by atoms with Crippen molar-refractivity contribution in [2.75, 3.05) is 21.3 Å². The van der Waals surface area contributed by atoms with E-state index in [4.69, 9.17) is 14.2 Å². The van der Waals surface area contributed by atoms with Crippen molar-refractivity contribution in [3.8, 4) is 5.75 Å². The quantitative estimate of drug-likeness (QED) is 0.424. The zero-order valence-corrected chi connectivity index (χ0v) is 19.1. The third kappa shape index (κ3) is 5.18. The highest BCUT2D eigenvalue weighted by molar-refractivity contribution is 9.10. The van der Waals surface area contributed by atoms with Gasteiger partial charge in [-0.3, -0.25) is 9.59 Å². The molecule has 2 aromatic rings. The van der Waals surface area contributed by atoms with Gasteiger partial charge < -0.3 is 14.2 Å². The molecule has 0 unspecified atom stereocenters. The molecule has 0 amide bonds. The van der Waals surface area contributed by atoms with Gasteiger partial charge in [0.15, 0.2) is 5.41 Å². The maximum Gasteiger partial charge on any atom is 0.323 e. The average molecular weight is 463 g/mol. The summed E-state index contributed by atoms with van der Waals surface area (Å²) >= 11 is 3.54. The Labute approximate surface area is 180 Å². The number of rotatable bonds is 8. The minimum Gasteiger partial charge on any atom is -0.496 e. The maximum absolute atomic E-state index is 12.9. The third-order valence-electron chi connectivity index (χ3n) is 5.17. The van der Waals surface area contributed by atoms with Crippen molar-refractivity contribution in [3.05, 3.63) is 63.1 Å². The first kappa shape index (κ1) is 22.9. The van der Waals surface area contributed by atoms with Gasteiger partial charge in [0.2, 0.25) is 0 Å². The van der Waals surface area contributed by atoms with Gasteiger partial charge in [-0.2, -0.15) is 0 Å². The van der Waals surface area contributed by atoms with Crippen LogP contribution in [-0.4, -0.2) is 33.3 Å². The molecule has 0 aliphatic heterocycles. The summed E-state index contributed by atoms with van der Waals surface area (Å²) in [5.41, 5.74) is 2.46. The molecule has 0 radical (unpaired) electrons. The molecular weight excluding hydrogens is 436 g/mol. The van der Waals surface area contributed by atoms with E-state index < -0.39 is 17.4 Å². The van der Waals surface area contributed by atoms with Crippen molar-refractivity contribution in [1.29, 1.82) is 0 Å². The van der Waals surface area contributed by atoms with E-state index in [9.17, 15) is 9.59 Å². The van der Waals surface area contributed by atoms with Crippen molar-refractivity contribution < 1.29 is 23.8 Å². The maximum atomic E-state index is 12.9. The van der Waals surface area contributed by atoms with E-state index in [0.717, 1.165) is 32.5 Å². The molecule has 156 valence electrons. The van der Waals surface area contributed by atoms with E-state index in [-0.39, 0.29) is 12.8 Å². The average Bonchev–Trinajstić information content (AvgIpc) is 2.73. The molecule has 29 heavy (non-hydrogen) atoms. The second kappa shape index (κ2) is 9.92. The Hall–Kier alpha value is -2.34. The third-order valence-corrected chi connectivity index (χ3v) is 5.91. The molecule has 0 aromatic heterocycles. The summed E-state index contributed by atoms with van der Waals surface area (Å²) in [6.45, 7) is 3.93. The number of hydrogen-bond acceptors (Lipinski definition) is 5. The summed E-state index contributed by atoms with van der Waals surface area (Å²) in [6, 6.07) is 11.8. The minimum absolute atomic E-state index is 0.156. The van der Waals surface area contributed by atoms with Crippen molar-refractivity contribution in [1.82, 2.24) is 0 Å². The molecule has 0 fully saturated rings. The fourth-order valence-corrected chi connectivity index (χ4v) is 3.89. The molecule has 0 saturated carbocycles. The van der Waals surface area contributed by atoms with Crippen molar-refractivity contribution in [2.45, 2.75) is 33.1 Å². The van der Waals surface area contributed by atoms with Gasteiger partial charge in [0, 0.05) is 10.9 Å². The lowest BCUT2D eigenvalue weighted by molar-refractivity contribution is -0.169. The van der Waals surface area contributed by atoms with Crippen LogP contribution in [0.1, 0.15) is 28.7 Å². The first-order valence-corrected chi connectivity index (χ1v) is 10.1. The zero-order chi connectivity index (χ0) is 21.6. The Bertz CT molecular complexity index is 858. The van der Waals surface area contributed by atoms with E-state index in [1.54, 1.807) is 7.11 Å². The molecule has 0 N–H and O–H groups in total. The van der Waals surface area contributed by atoms with Crippen LogP contribution in [0.25, 0.3) is 0 Å². The molecule has 0 spiro atoms. The van der Waals surface area contributed by atoms with Crippen LogP contribution in [0.2, 0.25) is 0 Å². The SMILES string of the molecule is COC(=O)C(CCc1ccc(C)cc1)(Cc1cc(C)c(OC)cc1Br)C(=O)OC. The molecule has 5 nitrogen and oxygen atoms in total. The number of halogens is 1. The van der Waals surface area contributed by atoms with Crippen LogP contribution in [0.3, 0.4) is 0 Å². The van der Waals surface area contributed by atoms with Crippen LogP contribution in [-0.2, 0) is 31.9 Å². The monoisotopic (exact) mass is 462 g/mol. The number of carbonyl (C=O) groups excluding carboxylic acids is 2. The van der Waals surface area contributed by atoms with Gasteiger partial charge in [-0.15, -0.1) is 0 Å². The Morgan fingerprint density at radius 1 is 0.966 bits per heavy atom. The molecule has 0 saturated heterocycles. The number of ether oxygens (including phenoxy) is 3. The fourth-order valence-electron chi connectivity index (χ4n) is 3.43. The topological polar surface area (TPSA) is 61.8 Å². The summed E-state index contributed by atoms with van der Waals surface area (Å²) in [4.78, 5) is 25.7. The normalized spacial score (nSPS) is 11.1. The standard InChI is InChI=1S/C23H27BrO5/c1-15-6-8-17(9-7-15)10-11-23(21(25)28-4,22(26)29-5)14-18-12-16(2)20(27-3)13-19(18)24/h6-9,12-13H,10-11,14H2,1-5H3. The summed E-state index contributed by atoms with van der Waals surface area (Å²) in [5, 5.41) is 0. The molecule has 2 aromatic carbocycles. The van der Waals surface area contributed by atoms with Gasteiger partial charge in [0.25, 0.3) is 0 Å². The van der Waals surface area contributed by atoms with Crippen LogP contribution in [0.5, 0.6) is 5.75 Å². The number of hydrogen-bond donors (Lipinski definition) is 0. The smallest absolute Gasteiger partial charge is 0.323 e. The molecule has 2 rings (SSSR count). The summed E-state index contributed by atoms with van der Waals surface area (Å²) in [7, 11) is 4.18. The number of esters is 2. The molecule has 0 atom stereocenters. The number of methoxy groups -OCH3 is 3. The minimum atomic E-state index is -1.45. The van der Waals surface area contributed by atoms with E-state index in [2.05, 4.69) is 15.9 Å². The van der Waals surface area contributed by atoms with Crippen molar-refractivity contribution in [2.24, 2.45) is 5.41 Å². The Balaban J connectivity index is 2.45. The molecule has 6 heteroatoms. The zero-order valence-electron chi connectivity index (χ0n) is 17.5. The predicted molar refractivity (Wildman–Crippen MR) is 115 cm³/mol. The summed E-state index contributed by atoms with van der Waals surface area (Å²) in [5.74, 6) is -0.476. The van der Waals surface area contributed by atoms with Crippen LogP contribution < -0.4 is 4.74 Å². The lowest BCUT2D eigenvalue weighted by atomic mass is 9.76. The second-order valence-electron chi connectivity index (χ2n) is 7.14. The van der Waals surface area contributed by atoms with Gasteiger partial charge in [0.1, 0.15) is 5.75 Å². The second-order valence-corrected chi connectivity index (χ2v) is 8.00. The summed E-state index contributed by atoms with van der Waals surface area (Å²) in [6.07, 6.45) is 0.966. The molecule has 0 bridgehead atoms. The summed E-state index contributed by atoms with van der Waals surface area (Å²) < 4.78 is 16.2. The lowest BCUT2D eigenvalue weighted by Gasteiger charge is -2.29. The largest absolute Gasteiger partial charge is 0.496 e. The number of carbonyl (C=O) groups is 2. The van der Waals surface area contributed by atoms with Gasteiger partial charge in [-0.25, -0.2) is 0 Å². The van der Waals surface area contributed by atoms with Gasteiger partial charge in [-0.05, 0) is 49.4 Å². The number of aryl methyl sites for hydroxylation is 3. The highest BCUT2D eigenvalue weighted by Crippen LogP contribution is 2.37. The first-order valence-electron chi connectivity index (χ1n) is 9.32. The van der Waals surface area contributed by atoms with E-state index >= 15 is 0 Å². The molecule has 0 heterocycles. The van der Waals surface area contributed by atoms with Crippen LogP contribution in [0, 0.1) is 19.3 Å². The lowest BCUT2D eigenvalue weighted by Crippen LogP contribution is -2.43.